The van der Waals surface area contributed by atoms with E-state index in [0.29, 0.717) is 93.9 Å². The summed E-state index contributed by atoms with van der Waals surface area (Å²) in [5.74, 6) is -2.39. The highest BCUT2D eigenvalue weighted by Gasteiger charge is 2.31. The summed E-state index contributed by atoms with van der Waals surface area (Å²) < 4.78 is 36.9. The van der Waals surface area contributed by atoms with Crippen molar-refractivity contribution in [3.8, 4) is 34.5 Å². The number of rotatable bonds is 26. The Morgan fingerprint density at radius 1 is 0.382 bits per heavy atom. The lowest BCUT2D eigenvalue weighted by Gasteiger charge is -2.29. The van der Waals surface area contributed by atoms with Crippen molar-refractivity contribution in [1.29, 1.82) is 0 Å². The fourth-order valence-corrected chi connectivity index (χ4v) is 9.13. The van der Waals surface area contributed by atoms with Crippen LogP contribution in [0.1, 0.15) is 116 Å². The molecule has 0 fully saturated rings. The molecule has 1 aliphatic heterocycles. The summed E-state index contributed by atoms with van der Waals surface area (Å²) in [7, 11) is 0. The van der Waals surface area contributed by atoms with Gasteiger partial charge in [0.25, 0.3) is 0 Å². The molecule has 1 atom stereocenters. The molecule has 0 spiro atoms. The van der Waals surface area contributed by atoms with Gasteiger partial charge in [0.1, 0.15) is 23.4 Å². The Labute approximate surface area is 445 Å². The summed E-state index contributed by atoms with van der Waals surface area (Å²) in [6, 6.07) is 55.5. The van der Waals surface area contributed by atoms with Crippen molar-refractivity contribution >= 4 is 29.8 Å². The number of esters is 5. The number of benzene rings is 7. The van der Waals surface area contributed by atoms with Crippen LogP contribution >= 0.6 is 0 Å². The minimum atomic E-state index is -0.750. The molecule has 0 aromatic heterocycles. The first-order chi connectivity index (χ1) is 37.2. The fraction of sp³-hybridized carbons (Fsp3) is 0.277. The SMILES string of the molecule is O=C(CCCc1ccccc1)Oc1cc(OC(=O)CCCc2ccccc2)c2c(c1)O[C@H](c1cc(OC(=O)CCCc3ccccc3)c(OC(=O)CCCc3ccccc3)c(OC(=O)CCCc3ccccc3)c1)CC2. The van der Waals surface area contributed by atoms with Crippen molar-refractivity contribution in [2.45, 2.75) is 115 Å². The molecule has 0 amide bonds. The second kappa shape index (κ2) is 28.4. The molecule has 0 saturated carbocycles. The van der Waals surface area contributed by atoms with E-state index in [9.17, 15) is 24.0 Å². The third kappa shape index (κ3) is 17.1. The van der Waals surface area contributed by atoms with Gasteiger partial charge < -0.3 is 28.4 Å². The number of hydrogen-bond acceptors (Lipinski definition) is 11. The summed E-state index contributed by atoms with van der Waals surface area (Å²) in [4.78, 5) is 68.1. The van der Waals surface area contributed by atoms with Crippen molar-refractivity contribution in [2.24, 2.45) is 0 Å². The van der Waals surface area contributed by atoms with E-state index >= 15 is 0 Å². The van der Waals surface area contributed by atoms with Gasteiger partial charge in [0, 0.05) is 55.4 Å². The van der Waals surface area contributed by atoms with E-state index in [2.05, 4.69) is 0 Å². The van der Waals surface area contributed by atoms with Gasteiger partial charge in [-0.25, -0.2) is 0 Å². The Balaban J connectivity index is 1.07. The Kier molecular flexibility index (Phi) is 20.2. The molecule has 7 aromatic carbocycles. The third-order valence-electron chi connectivity index (χ3n) is 13.0. The van der Waals surface area contributed by atoms with E-state index < -0.39 is 36.0 Å². The van der Waals surface area contributed by atoms with Gasteiger partial charge >= 0.3 is 29.8 Å². The van der Waals surface area contributed by atoms with E-state index in [4.69, 9.17) is 28.4 Å². The van der Waals surface area contributed by atoms with Gasteiger partial charge in [0.15, 0.2) is 11.5 Å². The largest absolute Gasteiger partial charge is 0.485 e. The lowest BCUT2D eigenvalue weighted by atomic mass is 9.96. The molecule has 0 saturated heterocycles. The van der Waals surface area contributed by atoms with Crippen LogP contribution in [-0.4, -0.2) is 29.8 Å². The number of ether oxygens (including phenoxy) is 6. The molecular formula is C65H64O11. The standard InChI is InChI=1S/C65H64O11/c66-60(36-16-31-47-21-6-1-7-22-47)71-53-45-56-54(57(46-53)73-61(67)37-17-32-48-23-8-2-9-24-48)41-42-55(72-56)52-43-58(74-62(68)38-18-33-49-25-10-3-11-26-49)65(76-64(70)40-20-35-51-29-14-5-15-30-51)59(44-52)75-63(69)39-19-34-50-27-12-4-13-28-50/h1-15,21-30,43-46,55H,16-20,31-42H2/t55-/m0/s1. The molecule has 7 aromatic rings. The molecule has 0 radical (unpaired) electrons. The van der Waals surface area contributed by atoms with Crippen molar-refractivity contribution < 1.29 is 52.4 Å². The topological polar surface area (TPSA) is 141 Å². The molecule has 0 bridgehead atoms. The zero-order valence-corrected chi connectivity index (χ0v) is 42.8. The first kappa shape index (κ1) is 54.0. The highest BCUT2D eigenvalue weighted by Crippen LogP contribution is 2.47. The molecule has 1 heterocycles. The summed E-state index contributed by atoms with van der Waals surface area (Å²) in [6.07, 6.45) is 6.27. The number of fused-ring (bicyclic) bond motifs is 1. The molecule has 0 unspecified atom stereocenters. The van der Waals surface area contributed by atoms with Crippen LogP contribution in [0.15, 0.2) is 176 Å². The van der Waals surface area contributed by atoms with Gasteiger partial charge in [-0.1, -0.05) is 152 Å². The van der Waals surface area contributed by atoms with E-state index in [1.54, 1.807) is 24.3 Å². The van der Waals surface area contributed by atoms with Gasteiger partial charge in [-0.3, -0.25) is 24.0 Å². The normalized spacial score (nSPS) is 12.6. The Morgan fingerprint density at radius 2 is 0.711 bits per heavy atom. The molecule has 0 aliphatic carbocycles. The number of aryl methyl sites for hydroxylation is 5. The van der Waals surface area contributed by atoms with Crippen LogP contribution in [0.5, 0.6) is 34.5 Å². The third-order valence-corrected chi connectivity index (χ3v) is 13.0. The molecular weight excluding hydrogens is 957 g/mol. The molecule has 11 nitrogen and oxygen atoms in total. The number of carbonyl (C=O) groups is 5. The van der Waals surface area contributed by atoms with E-state index in [0.717, 1.165) is 27.8 Å². The van der Waals surface area contributed by atoms with E-state index in [1.165, 1.54) is 0 Å². The van der Waals surface area contributed by atoms with Crippen LogP contribution in [0.3, 0.4) is 0 Å². The summed E-state index contributed by atoms with van der Waals surface area (Å²) >= 11 is 0. The van der Waals surface area contributed by atoms with Crippen molar-refractivity contribution in [2.75, 3.05) is 0 Å². The number of hydrogen-bond donors (Lipinski definition) is 0. The second-order valence-corrected chi connectivity index (χ2v) is 19.0. The Bertz CT molecular complexity index is 2920. The lowest BCUT2D eigenvalue weighted by molar-refractivity contribution is -0.138. The van der Waals surface area contributed by atoms with E-state index in [-0.39, 0.29) is 60.9 Å². The van der Waals surface area contributed by atoms with Gasteiger partial charge in [0.05, 0.1) is 0 Å². The fourth-order valence-electron chi connectivity index (χ4n) is 9.13. The van der Waals surface area contributed by atoms with E-state index in [1.807, 2.05) is 152 Å². The summed E-state index contributed by atoms with van der Waals surface area (Å²) in [6.45, 7) is 0. The summed E-state index contributed by atoms with van der Waals surface area (Å²) in [5, 5.41) is 0. The highest BCUT2D eigenvalue weighted by molar-refractivity contribution is 5.80. The molecule has 8 rings (SSSR count). The molecule has 1 aliphatic rings. The molecule has 390 valence electrons. The van der Waals surface area contributed by atoms with Gasteiger partial charge in [-0.2, -0.15) is 0 Å². The van der Waals surface area contributed by atoms with Crippen LogP contribution in [0.4, 0.5) is 0 Å². The monoisotopic (exact) mass is 1020 g/mol. The molecule has 0 N–H and O–H groups in total. The maximum absolute atomic E-state index is 13.8. The van der Waals surface area contributed by atoms with Gasteiger partial charge in [-0.15, -0.1) is 0 Å². The predicted octanol–water partition coefficient (Wildman–Crippen LogP) is 13.4. The predicted molar refractivity (Wildman–Crippen MR) is 290 cm³/mol. The quantitative estimate of drug-likeness (QED) is 0.0378. The maximum Gasteiger partial charge on any atom is 0.311 e. The maximum atomic E-state index is 13.8. The lowest BCUT2D eigenvalue weighted by Crippen LogP contribution is -2.19. The Hall–Kier alpha value is -8.31. The smallest absolute Gasteiger partial charge is 0.311 e. The highest BCUT2D eigenvalue weighted by atomic mass is 16.6. The minimum absolute atomic E-state index is 0.0357. The number of carbonyl (C=O) groups excluding carboxylic acids is 5. The van der Waals surface area contributed by atoms with Crippen molar-refractivity contribution in [1.82, 2.24) is 0 Å². The van der Waals surface area contributed by atoms with Crippen LogP contribution in [0, 0.1) is 0 Å². The average Bonchev–Trinajstić information content (AvgIpc) is 3.43. The van der Waals surface area contributed by atoms with Crippen LogP contribution in [-0.2, 0) is 62.5 Å². The zero-order valence-electron chi connectivity index (χ0n) is 42.8. The van der Waals surface area contributed by atoms with Gasteiger partial charge in [0.2, 0.25) is 5.75 Å². The van der Waals surface area contributed by atoms with Crippen LogP contribution in [0.25, 0.3) is 0 Å². The van der Waals surface area contributed by atoms with Crippen LogP contribution in [0.2, 0.25) is 0 Å². The van der Waals surface area contributed by atoms with Gasteiger partial charge in [-0.05, 0) is 117 Å². The second-order valence-electron chi connectivity index (χ2n) is 19.0. The Morgan fingerprint density at radius 3 is 1.08 bits per heavy atom. The van der Waals surface area contributed by atoms with Crippen LogP contribution < -0.4 is 28.4 Å². The summed E-state index contributed by atoms with van der Waals surface area (Å²) in [5.41, 5.74) is 6.49. The first-order valence-electron chi connectivity index (χ1n) is 26.5. The average molecular weight is 1020 g/mol. The minimum Gasteiger partial charge on any atom is -0.485 e. The first-order valence-corrected chi connectivity index (χ1v) is 26.5. The van der Waals surface area contributed by atoms with Crippen molar-refractivity contribution in [3.63, 3.8) is 0 Å². The molecule has 76 heavy (non-hydrogen) atoms. The van der Waals surface area contributed by atoms with Crippen molar-refractivity contribution in [3.05, 3.63) is 215 Å². The zero-order chi connectivity index (χ0) is 52.7. The molecule has 11 heteroatoms.